The van der Waals surface area contributed by atoms with Gasteiger partial charge in [-0.1, -0.05) is 25.3 Å². The lowest BCUT2D eigenvalue weighted by molar-refractivity contribution is -0.144. The van der Waals surface area contributed by atoms with Crippen molar-refractivity contribution in [3.05, 3.63) is 25.3 Å². The van der Waals surface area contributed by atoms with Crippen LogP contribution in [0.25, 0.3) is 0 Å². The summed E-state index contributed by atoms with van der Waals surface area (Å²) in [4.78, 5) is 21.5. The molecule has 96 valence electrons. The van der Waals surface area contributed by atoms with E-state index in [-0.39, 0.29) is 24.1 Å². The highest BCUT2D eigenvalue weighted by atomic mass is 16.5. The Morgan fingerprint density at radius 2 is 1.35 bits per heavy atom. The first kappa shape index (κ1) is 15.4. The third kappa shape index (κ3) is 8.25. The molecular formula is C13H20O4. The zero-order chi connectivity index (χ0) is 13.3. The summed E-state index contributed by atoms with van der Waals surface area (Å²) in [6, 6.07) is 0. The summed E-state index contributed by atoms with van der Waals surface area (Å²) < 4.78 is 10.0. The van der Waals surface area contributed by atoms with Crippen LogP contribution >= 0.6 is 0 Å². The molecule has 4 nitrogen and oxygen atoms in total. The van der Waals surface area contributed by atoms with Crippen LogP contribution in [0.4, 0.5) is 0 Å². The number of ether oxygens (including phenoxy) is 2. The fraction of sp³-hybridized carbons (Fsp3) is 0.538. The molecule has 0 rings (SSSR count). The molecule has 0 unspecified atom stereocenters. The number of hydrogen-bond acceptors (Lipinski definition) is 4. The molecule has 2 atom stereocenters. The fourth-order valence-electron chi connectivity index (χ4n) is 1.40. The second-order valence-electron chi connectivity index (χ2n) is 3.70. The molecule has 4 heteroatoms. The quantitative estimate of drug-likeness (QED) is 0.483. The third-order valence-electron chi connectivity index (χ3n) is 2.14. The number of rotatable bonds is 8. The first-order valence-electron chi connectivity index (χ1n) is 5.59. The lowest BCUT2D eigenvalue weighted by Gasteiger charge is -2.15. The summed E-state index contributed by atoms with van der Waals surface area (Å²) in [5, 5.41) is 0. The van der Waals surface area contributed by atoms with Gasteiger partial charge in [-0.25, -0.2) is 0 Å². The molecule has 0 aromatic rings. The second kappa shape index (κ2) is 8.56. The largest absolute Gasteiger partial charge is 0.458 e. The highest BCUT2D eigenvalue weighted by molar-refractivity contribution is 5.66. The van der Waals surface area contributed by atoms with Gasteiger partial charge in [-0.05, 0) is 19.3 Å². The van der Waals surface area contributed by atoms with Gasteiger partial charge in [0.1, 0.15) is 12.2 Å². The maximum Gasteiger partial charge on any atom is 0.303 e. The molecule has 0 aliphatic heterocycles. The Labute approximate surface area is 102 Å². The van der Waals surface area contributed by atoms with Crippen LogP contribution in [0.3, 0.4) is 0 Å². The summed E-state index contributed by atoms with van der Waals surface area (Å²) >= 11 is 0. The Kier molecular flexibility index (Phi) is 7.76. The summed E-state index contributed by atoms with van der Waals surface area (Å²) in [5.74, 6) is -0.648. The molecule has 0 radical (unpaired) electrons. The van der Waals surface area contributed by atoms with Crippen molar-refractivity contribution in [2.45, 2.75) is 45.3 Å². The minimum absolute atomic E-state index is 0.282. The average Bonchev–Trinajstić information content (AvgIpc) is 2.25. The van der Waals surface area contributed by atoms with E-state index in [0.717, 1.165) is 6.42 Å². The van der Waals surface area contributed by atoms with E-state index in [2.05, 4.69) is 13.2 Å². The summed E-state index contributed by atoms with van der Waals surface area (Å²) in [6.07, 6.45) is 4.70. The summed E-state index contributed by atoms with van der Waals surface area (Å²) in [7, 11) is 0. The number of esters is 2. The van der Waals surface area contributed by atoms with Gasteiger partial charge >= 0.3 is 11.9 Å². The Bertz CT molecular complexity index is 255. The van der Waals surface area contributed by atoms with Gasteiger partial charge in [0, 0.05) is 13.8 Å². The van der Waals surface area contributed by atoms with Crippen molar-refractivity contribution in [2.75, 3.05) is 0 Å². The standard InChI is InChI=1S/C13H20O4/c1-5-12(16-10(3)14)8-7-9-13(6-2)17-11(4)15/h5-6,12-13H,1-2,7-9H2,3-4H3/t12-,13+. The molecule has 0 aromatic heterocycles. The Morgan fingerprint density at radius 3 is 1.59 bits per heavy atom. The molecule has 0 saturated heterocycles. The van der Waals surface area contributed by atoms with Gasteiger partial charge in [0.15, 0.2) is 0 Å². The Hall–Kier alpha value is -1.58. The minimum Gasteiger partial charge on any atom is -0.458 e. The smallest absolute Gasteiger partial charge is 0.303 e. The molecule has 0 bridgehead atoms. The van der Waals surface area contributed by atoms with Gasteiger partial charge in [0.2, 0.25) is 0 Å². The Morgan fingerprint density at radius 1 is 1.00 bits per heavy atom. The number of carbonyl (C=O) groups excluding carboxylic acids is 2. The SMILES string of the molecule is C=C[C@H](CCC[C@H](C=C)OC(C)=O)OC(C)=O. The first-order chi connectivity index (χ1) is 7.99. The van der Waals surface area contributed by atoms with Crippen LogP contribution in [-0.2, 0) is 19.1 Å². The van der Waals surface area contributed by atoms with Gasteiger partial charge in [-0.3, -0.25) is 9.59 Å². The lowest BCUT2D eigenvalue weighted by atomic mass is 10.1. The van der Waals surface area contributed by atoms with E-state index < -0.39 is 0 Å². The van der Waals surface area contributed by atoms with Gasteiger partial charge in [-0.2, -0.15) is 0 Å². The average molecular weight is 240 g/mol. The highest BCUT2D eigenvalue weighted by Gasteiger charge is 2.11. The molecule has 17 heavy (non-hydrogen) atoms. The molecule has 0 N–H and O–H groups in total. The van der Waals surface area contributed by atoms with Crippen LogP contribution < -0.4 is 0 Å². The van der Waals surface area contributed by atoms with Crippen LogP contribution in [0.5, 0.6) is 0 Å². The zero-order valence-corrected chi connectivity index (χ0v) is 10.5. The lowest BCUT2D eigenvalue weighted by Crippen LogP contribution is -2.16. The van der Waals surface area contributed by atoms with E-state index in [1.165, 1.54) is 13.8 Å². The van der Waals surface area contributed by atoms with Crippen molar-refractivity contribution >= 4 is 11.9 Å². The van der Waals surface area contributed by atoms with Gasteiger partial charge < -0.3 is 9.47 Å². The molecule has 0 fully saturated rings. The van der Waals surface area contributed by atoms with Gasteiger partial charge in [-0.15, -0.1) is 0 Å². The van der Waals surface area contributed by atoms with E-state index in [1.807, 2.05) is 0 Å². The molecule has 0 aliphatic rings. The van der Waals surface area contributed by atoms with Crippen LogP contribution in [0, 0.1) is 0 Å². The van der Waals surface area contributed by atoms with Crippen molar-refractivity contribution in [1.82, 2.24) is 0 Å². The van der Waals surface area contributed by atoms with Crippen molar-refractivity contribution < 1.29 is 19.1 Å². The van der Waals surface area contributed by atoms with E-state index >= 15 is 0 Å². The molecule has 0 heterocycles. The monoisotopic (exact) mass is 240 g/mol. The van der Waals surface area contributed by atoms with Crippen LogP contribution in [-0.4, -0.2) is 24.1 Å². The third-order valence-corrected chi connectivity index (χ3v) is 2.14. The van der Waals surface area contributed by atoms with Crippen LogP contribution in [0.2, 0.25) is 0 Å². The van der Waals surface area contributed by atoms with Gasteiger partial charge in [0.05, 0.1) is 0 Å². The van der Waals surface area contributed by atoms with Crippen molar-refractivity contribution in [1.29, 1.82) is 0 Å². The van der Waals surface area contributed by atoms with Crippen LogP contribution in [0.15, 0.2) is 25.3 Å². The van der Waals surface area contributed by atoms with Gasteiger partial charge in [0.25, 0.3) is 0 Å². The predicted octanol–water partition coefficient (Wildman–Crippen LogP) is 2.39. The molecule has 0 aromatic carbocycles. The van der Waals surface area contributed by atoms with E-state index in [0.29, 0.717) is 12.8 Å². The molecule has 0 amide bonds. The molecule has 0 saturated carbocycles. The number of hydrogen-bond donors (Lipinski definition) is 0. The highest BCUT2D eigenvalue weighted by Crippen LogP contribution is 2.11. The van der Waals surface area contributed by atoms with E-state index in [9.17, 15) is 9.59 Å². The summed E-state index contributed by atoms with van der Waals surface area (Å²) in [5.41, 5.74) is 0. The molecular weight excluding hydrogens is 220 g/mol. The van der Waals surface area contributed by atoms with E-state index in [4.69, 9.17) is 9.47 Å². The maximum absolute atomic E-state index is 10.8. The van der Waals surface area contributed by atoms with Crippen molar-refractivity contribution in [3.63, 3.8) is 0 Å². The predicted molar refractivity (Wildman–Crippen MR) is 65.4 cm³/mol. The second-order valence-corrected chi connectivity index (χ2v) is 3.70. The Balaban J connectivity index is 3.92. The molecule has 0 spiro atoms. The minimum atomic E-state index is -0.324. The maximum atomic E-state index is 10.8. The fourth-order valence-corrected chi connectivity index (χ4v) is 1.40. The number of carbonyl (C=O) groups is 2. The topological polar surface area (TPSA) is 52.6 Å². The van der Waals surface area contributed by atoms with Crippen molar-refractivity contribution in [3.8, 4) is 0 Å². The first-order valence-corrected chi connectivity index (χ1v) is 5.59. The van der Waals surface area contributed by atoms with Crippen molar-refractivity contribution in [2.24, 2.45) is 0 Å². The van der Waals surface area contributed by atoms with Crippen LogP contribution in [0.1, 0.15) is 33.1 Å². The molecule has 0 aliphatic carbocycles. The van der Waals surface area contributed by atoms with E-state index in [1.54, 1.807) is 12.2 Å². The zero-order valence-electron chi connectivity index (χ0n) is 10.5. The normalized spacial score (nSPS) is 13.3. The summed E-state index contributed by atoms with van der Waals surface area (Å²) in [6.45, 7) is 9.92.